The molecule has 0 unspecified atom stereocenters. The Kier molecular flexibility index (Phi) is 4.93. The van der Waals surface area contributed by atoms with Crippen LogP contribution in [0.5, 0.6) is 0 Å². The van der Waals surface area contributed by atoms with Crippen LogP contribution in [-0.4, -0.2) is 20.1 Å². The minimum atomic E-state index is -0.468. The van der Waals surface area contributed by atoms with Gasteiger partial charge < -0.3 is 4.42 Å². The average Bonchev–Trinajstić information content (AvgIpc) is 3.20. The van der Waals surface area contributed by atoms with E-state index in [0.717, 1.165) is 16.5 Å². The lowest BCUT2D eigenvalue weighted by Gasteiger charge is -2.05. The molecule has 0 saturated carbocycles. The van der Waals surface area contributed by atoms with Gasteiger partial charge in [-0.3, -0.25) is 10.1 Å². The SMILES string of the molecule is Cc1ccc2cc(C#N)c(SCc3nnc(-c4ccc([N+](=O)[O-])cc4)o3)nc2c1. The van der Waals surface area contributed by atoms with Gasteiger partial charge in [-0.2, -0.15) is 5.26 Å². The molecule has 4 aromatic rings. The Balaban J connectivity index is 1.54. The smallest absolute Gasteiger partial charge is 0.269 e. The Bertz CT molecular complexity index is 1260. The zero-order valence-electron chi connectivity index (χ0n) is 15.2. The first kappa shape index (κ1) is 18.6. The molecule has 0 atom stereocenters. The van der Waals surface area contributed by atoms with Crippen LogP contribution in [0.25, 0.3) is 22.4 Å². The van der Waals surface area contributed by atoms with Crippen LogP contribution >= 0.6 is 11.8 Å². The molecule has 2 heterocycles. The predicted molar refractivity (Wildman–Crippen MR) is 107 cm³/mol. The number of rotatable bonds is 5. The summed E-state index contributed by atoms with van der Waals surface area (Å²) in [6.07, 6.45) is 0. The molecule has 0 fully saturated rings. The van der Waals surface area contributed by atoms with E-state index in [1.165, 1.54) is 23.9 Å². The number of benzene rings is 2. The molecule has 9 heteroatoms. The second kappa shape index (κ2) is 7.69. The number of hydrogen-bond acceptors (Lipinski definition) is 8. The summed E-state index contributed by atoms with van der Waals surface area (Å²) in [6.45, 7) is 1.99. The highest BCUT2D eigenvalue weighted by Gasteiger charge is 2.13. The minimum absolute atomic E-state index is 0.00862. The zero-order valence-corrected chi connectivity index (χ0v) is 16.0. The lowest BCUT2D eigenvalue weighted by molar-refractivity contribution is -0.384. The van der Waals surface area contributed by atoms with Gasteiger partial charge in [0.25, 0.3) is 5.69 Å². The van der Waals surface area contributed by atoms with Gasteiger partial charge >= 0.3 is 0 Å². The first-order chi connectivity index (χ1) is 14.0. The minimum Gasteiger partial charge on any atom is -0.420 e. The van der Waals surface area contributed by atoms with E-state index in [1.54, 1.807) is 12.1 Å². The maximum atomic E-state index is 10.7. The highest BCUT2D eigenvalue weighted by atomic mass is 32.2. The number of thioether (sulfide) groups is 1. The van der Waals surface area contributed by atoms with Crippen molar-refractivity contribution in [3.8, 4) is 17.5 Å². The molecular formula is C20H13N5O3S. The topological polar surface area (TPSA) is 119 Å². The van der Waals surface area contributed by atoms with Crippen molar-refractivity contribution >= 4 is 28.4 Å². The van der Waals surface area contributed by atoms with E-state index in [-0.39, 0.29) is 11.6 Å². The van der Waals surface area contributed by atoms with Gasteiger partial charge in [-0.1, -0.05) is 23.9 Å². The van der Waals surface area contributed by atoms with Gasteiger partial charge in [0, 0.05) is 23.1 Å². The number of nitro benzene ring substituents is 1. The molecule has 142 valence electrons. The second-order valence-electron chi connectivity index (χ2n) is 6.24. The van der Waals surface area contributed by atoms with E-state index < -0.39 is 4.92 Å². The van der Waals surface area contributed by atoms with Crippen LogP contribution in [-0.2, 0) is 5.75 Å². The van der Waals surface area contributed by atoms with Crippen molar-refractivity contribution in [2.24, 2.45) is 0 Å². The maximum Gasteiger partial charge on any atom is 0.269 e. The number of aryl methyl sites for hydroxylation is 1. The van der Waals surface area contributed by atoms with Crippen molar-refractivity contribution in [3.63, 3.8) is 0 Å². The normalized spacial score (nSPS) is 10.8. The molecule has 0 aliphatic heterocycles. The largest absolute Gasteiger partial charge is 0.420 e. The molecule has 2 aromatic heterocycles. The van der Waals surface area contributed by atoms with Crippen molar-refractivity contribution in [2.45, 2.75) is 17.7 Å². The molecule has 0 radical (unpaired) electrons. The van der Waals surface area contributed by atoms with Crippen LogP contribution in [0.2, 0.25) is 0 Å². The molecule has 4 rings (SSSR count). The van der Waals surface area contributed by atoms with Gasteiger partial charge in [-0.05, 0) is 36.8 Å². The van der Waals surface area contributed by atoms with Crippen molar-refractivity contribution in [1.82, 2.24) is 15.2 Å². The van der Waals surface area contributed by atoms with E-state index in [0.29, 0.717) is 27.8 Å². The summed E-state index contributed by atoms with van der Waals surface area (Å²) in [5, 5.41) is 29.7. The number of pyridine rings is 1. The molecule has 0 saturated heterocycles. The van der Waals surface area contributed by atoms with E-state index in [2.05, 4.69) is 21.3 Å². The molecule has 8 nitrogen and oxygen atoms in total. The first-order valence-electron chi connectivity index (χ1n) is 8.55. The second-order valence-corrected chi connectivity index (χ2v) is 7.21. The van der Waals surface area contributed by atoms with Gasteiger partial charge in [0.15, 0.2) is 0 Å². The van der Waals surface area contributed by atoms with Gasteiger partial charge in [0.1, 0.15) is 11.1 Å². The molecule has 0 bridgehead atoms. The molecule has 2 aromatic carbocycles. The molecular weight excluding hydrogens is 390 g/mol. The molecule has 29 heavy (non-hydrogen) atoms. The highest BCUT2D eigenvalue weighted by molar-refractivity contribution is 7.98. The molecule has 0 amide bonds. The number of fused-ring (bicyclic) bond motifs is 1. The lowest BCUT2D eigenvalue weighted by atomic mass is 10.1. The number of nitrogens with zero attached hydrogens (tertiary/aromatic N) is 5. The standard InChI is InChI=1S/C20H13N5O3S/c1-12-2-3-14-9-15(10-21)20(22-17(14)8-12)29-11-18-23-24-19(28-18)13-4-6-16(7-5-13)25(26)27/h2-9H,11H2,1H3. The van der Waals surface area contributed by atoms with Crippen LogP contribution in [0.3, 0.4) is 0 Å². The number of non-ortho nitro benzene ring substituents is 1. The van der Waals surface area contributed by atoms with Crippen molar-refractivity contribution in [3.05, 3.63) is 75.7 Å². The molecule has 0 aliphatic rings. The molecule has 0 aliphatic carbocycles. The highest BCUT2D eigenvalue weighted by Crippen LogP contribution is 2.29. The van der Waals surface area contributed by atoms with Crippen molar-refractivity contribution in [2.75, 3.05) is 0 Å². The van der Waals surface area contributed by atoms with E-state index in [1.807, 2.05) is 31.2 Å². The van der Waals surface area contributed by atoms with Crippen LogP contribution in [0.15, 0.2) is 58.0 Å². The summed E-state index contributed by atoms with van der Waals surface area (Å²) < 4.78 is 5.65. The van der Waals surface area contributed by atoms with Gasteiger partial charge in [-0.25, -0.2) is 4.98 Å². The number of nitro groups is 1. The quantitative estimate of drug-likeness (QED) is 0.268. The Hall–Kier alpha value is -3.77. The first-order valence-corrected chi connectivity index (χ1v) is 9.53. The summed E-state index contributed by atoms with van der Waals surface area (Å²) in [5.74, 6) is 0.996. The molecule has 0 spiro atoms. The van der Waals surface area contributed by atoms with E-state index in [9.17, 15) is 15.4 Å². The molecule has 0 N–H and O–H groups in total. The fourth-order valence-corrected chi connectivity index (χ4v) is 3.53. The lowest BCUT2D eigenvalue weighted by Crippen LogP contribution is -1.91. The number of nitriles is 1. The van der Waals surface area contributed by atoms with Crippen LogP contribution in [0.4, 0.5) is 5.69 Å². The zero-order chi connectivity index (χ0) is 20.4. The fraction of sp³-hybridized carbons (Fsp3) is 0.100. The Labute approximate surface area is 169 Å². The Morgan fingerprint density at radius 3 is 2.69 bits per heavy atom. The summed E-state index contributed by atoms with van der Waals surface area (Å²) >= 11 is 1.34. The summed E-state index contributed by atoms with van der Waals surface area (Å²) in [6, 6.07) is 15.8. The Morgan fingerprint density at radius 1 is 1.17 bits per heavy atom. The Morgan fingerprint density at radius 2 is 1.97 bits per heavy atom. The summed E-state index contributed by atoms with van der Waals surface area (Å²) in [5.41, 5.74) is 2.99. The third-order valence-corrected chi connectivity index (χ3v) is 5.16. The van der Waals surface area contributed by atoms with Crippen molar-refractivity contribution in [1.29, 1.82) is 5.26 Å². The predicted octanol–water partition coefficient (Wildman–Crippen LogP) is 4.67. The summed E-state index contributed by atoms with van der Waals surface area (Å²) in [7, 11) is 0. The summed E-state index contributed by atoms with van der Waals surface area (Å²) in [4.78, 5) is 14.9. The van der Waals surface area contributed by atoms with Gasteiger partial charge in [0.2, 0.25) is 11.8 Å². The van der Waals surface area contributed by atoms with Crippen LogP contribution in [0, 0.1) is 28.4 Å². The third kappa shape index (κ3) is 3.93. The van der Waals surface area contributed by atoms with E-state index in [4.69, 9.17) is 4.42 Å². The fourth-order valence-electron chi connectivity index (χ4n) is 2.73. The monoisotopic (exact) mass is 403 g/mol. The van der Waals surface area contributed by atoms with Gasteiger partial charge in [-0.15, -0.1) is 10.2 Å². The maximum absolute atomic E-state index is 10.7. The third-order valence-electron chi connectivity index (χ3n) is 4.18. The van der Waals surface area contributed by atoms with Crippen molar-refractivity contribution < 1.29 is 9.34 Å². The number of aromatic nitrogens is 3. The van der Waals surface area contributed by atoms with E-state index >= 15 is 0 Å². The van der Waals surface area contributed by atoms with Crippen LogP contribution < -0.4 is 0 Å². The average molecular weight is 403 g/mol. The number of hydrogen-bond donors (Lipinski definition) is 0. The van der Waals surface area contributed by atoms with Gasteiger partial charge in [0.05, 0.1) is 21.8 Å². The van der Waals surface area contributed by atoms with Crippen LogP contribution in [0.1, 0.15) is 17.0 Å².